The molecule has 2 saturated carbocycles. The zero-order valence-electron chi connectivity index (χ0n) is 18.4. The van der Waals surface area contributed by atoms with Gasteiger partial charge < -0.3 is 26.2 Å². The highest BCUT2D eigenvalue weighted by atomic mass is 35.5. The molecule has 2 aliphatic carbocycles. The van der Waals surface area contributed by atoms with Gasteiger partial charge in [-0.25, -0.2) is 19.3 Å². The molecule has 0 radical (unpaired) electrons. The molecule has 8 nitrogen and oxygen atoms in total. The number of nitrogen functional groups attached to an aromatic ring is 2. The number of nitrogens with zero attached hydrogens (tertiary/aromatic N) is 4. The van der Waals surface area contributed by atoms with Gasteiger partial charge in [0.1, 0.15) is 35.5 Å². The van der Waals surface area contributed by atoms with Crippen LogP contribution < -0.4 is 11.5 Å². The average molecular weight is 483 g/mol. The lowest BCUT2D eigenvalue weighted by molar-refractivity contribution is -0.0299. The maximum absolute atomic E-state index is 14.8. The molecule has 6 atom stereocenters. The van der Waals surface area contributed by atoms with Gasteiger partial charge in [-0.3, -0.25) is 0 Å². The van der Waals surface area contributed by atoms with Crippen LogP contribution in [0, 0.1) is 23.1 Å². The number of anilines is 2. The molecule has 3 aromatic heterocycles. The van der Waals surface area contributed by atoms with E-state index in [1.165, 1.54) is 18.5 Å². The number of aliphatic hydroxyl groups excluding tert-OH is 2. The molecule has 0 spiro atoms. The maximum Gasteiger partial charge on any atom is 0.145 e. The van der Waals surface area contributed by atoms with Crippen molar-refractivity contribution in [1.29, 1.82) is 0 Å². The first-order valence-corrected chi connectivity index (χ1v) is 11.6. The highest BCUT2D eigenvalue weighted by molar-refractivity contribution is 6.33. The van der Waals surface area contributed by atoms with Crippen molar-refractivity contribution in [1.82, 2.24) is 19.5 Å². The highest BCUT2D eigenvalue weighted by Gasteiger charge is 2.73. The van der Waals surface area contributed by atoms with Gasteiger partial charge >= 0.3 is 0 Å². The molecule has 4 aromatic rings. The quantitative estimate of drug-likeness (QED) is 0.351. The van der Waals surface area contributed by atoms with Gasteiger partial charge in [-0.05, 0) is 54.5 Å². The fourth-order valence-electron chi connectivity index (χ4n) is 6.23. The summed E-state index contributed by atoms with van der Waals surface area (Å²) in [7, 11) is 0. The summed E-state index contributed by atoms with van der Waals surface area (Å²) in [6.45, 7) is 2.04. The standard InChI is InChI=1S/C24H24ClFN6O2/c1-10(4-11-5-16(26)13-7-15(25)22(28)31-17(13)6-11)24-8-14(24)18(19(33)20(24)34)32-3-2-12-21(27)29-9-30-23(12)32/h2-3,5-7,9-10,14,18-20,33-34H,4,8H2,1H3,(H2,28,31)(H2,27,29,30)/t10?,14-,18-,19+,20+,24+/m1/s1. The number of fused-ring (bicyclic) bond motifs is 3. The van der Waals surface area contributed by atoms with Crippen molar-refractivity contribution < 1.29 is 14.6 Å². The SMILES string of the molecule is CC(Cc1cc(F)c2cc(Cl)c(N)nc2c1)[C@@]12C[C@@H]1[C@@H](n1ccc3c(N)ncnc31)[C@H](O)[C@@H]2O. The number of rotatable bonds is 4. The van der Waals surface area contributed by atoms with E-state index in [4.69, 9.17) is 23.1 Å². The minimum Gasteiger partial charge on any atom is -0.390 e. The summed E-state index contributed by atoms with van der Waals surface area (Å²) in [5.41, 5.74) is 13.1. The van der Waals surface area contributed by atoms with Crippen LogP contribution in [-0.2, 0) is 6.42 Å². The van der Waals surface area contributed by atoms with Gasteiger partial charge in [0.25, 0.3) is 0 Å². The molecule has 1 aromatic carbocycles. The monoisotopic (exact) mass is 482 g/mol. The molecule has 1 unspecified atom stereocenters. The molecule has 2 aliphatic rings. The van der Waals surface area contributed by atoms with Crippen molar-refractivity contribution in [2.45, 2.75) is 38.0 Å². The largest absolute Gasteiger partial charge is 0.390 e. The Morgan fingerprint density at radius 3 is 2.79 bits per heavy atom. The van der Waals surface area contributed by atoms with Crippen LogP contribution in [0.4, 0.5) is 16.0 Å². The molecule has 10 heteroatoms. The fraction of sp³-hybridized carbons (Fsp3) is 0.375. The van der Waals surface area contributed by atoms with Crippen molar-refractivity contribution in [3.8, 4) is 0 Å². The molecule has 6 N–H and O–H groups in total. The molecule has 6 rings (SSSR count). The summed E-state index contributed by atoms with van der Waals surface area (Å²) in [6, 6.07) is 6.27. The fourth-order valence-corrected chi connectivity index (χ4v) is 6.38. The van der Waals surface area contributed by atoms with Crippen LogP contribution in [0.5, 0.6) is 0 Å². The summed E-state index contributed by atoms with van der Waals surface area (Å²) >= 11 is 6.00. The lowest BCUT2D eigenvalue weighted by Crippen LogP contribution is -2.37. The lowest BCUT2D eigenvalue weighted by Gasteiger charge is -2.28. The Labute approximate surface area is 199 Å². The first-order chi connectivity index (χ1) is 16.2. The van der Waals surface area contributed by atoms with Gasteiger partial charge in [0.15, 0.2) is 0 Å². The third-order valence-corrected chi connectivity index (χ3v) is 8.29. The third-order valence-electron chi connectivity index (χ3n) is 7.98. The number of aromatic nitrogens is 4. The molecule has 176 valence electrons. The summed E-state index contributed by atoms with van der Waals surface area (Å²) in [5.74, 6) is 0.147. The molecular weight excluding hydrogens is 459 g/mol. The predicted molar refractivity (Wildman–Crippen MR) is 128 cm³/mol. The van der Waals surface area contributed by atoms with Crippen LogP contribution in [-0.4, -0.2) is 41.9 Å². The van der Waals surface area contributed by atoms with E-state index in [2.05, 4.69) is 15.0 Å². The first kappa shape index (κ1) is 21.5. The van der Waals surface area contributed by atoms with Crippen molar-refractivity contribution in [3.05, 3.63) is 53.2 Å². The smallest absolute Gasteiger partial charge is 0.145 e. The number of aliphatic hydroxyl groups is 2. The third kappa shape index (κ3) is 2.87. The molecular formula is C24H24ClFN6O2. The molecule has 0 amide bonds. The average Bonchev–Trinajstić information content (AvgIpc) is 3.32. The Kier molecular flexibility index (Phi) is 4.58. The number of nitrogens with two attached hydrogens (primary N) is 2. The molecule has 3 heterocycles. The Hall–Kier alpha value is -3.01. The van der Waals surface area contributed by atoms with Gasteiger partial charge in [-0.15, -0.1) is 0 Å². The van der Waals surface area contributed by atoms with Gasteiger partial charge in [0.05, 0.1) is 28.1 Å². The Morgan fingerprint density at radius 1 is 1.21 bits per heavy atom. The van der Waals surface area contributed by atoms with Crippen LogP contribution in [0.1, 0.15) is 24.9 Å². The van der Waals surface area contributed by atoms with E-state index in [1.54, 1.807) is 0 Å². The van der Waals surface area contributed by atoms with E-state index < -0.39 is 23.4 Å². The first-order valence-electron chi connectivity index (χ1n) is 11.2. The minimum absolute atomic E-state index is 0.0184. The Morgan fingerprint density at radius 2 is 2.00 bits per heavy atom. The minimum atomic E-state index is -0.954. The Bertz CT molecular complexity index is 1460. The van der Waals surface area contributed by atoms with Crippen LogP contribution >= 0.6 is 11.6 Å². The summed E-state index contributed by atoms with van der Waals surface area (Å²) in [4.78, 5) is 12.6. The van der Waals surface area contributed by atoms with Gasteiger partial charge in [-0.2, -0.15) is 0 Å². The molecule has 0 aliphatic heterocycles. The molecule has 2 fully saturated rings. The van der Waals surface area contributed by atoms with Crippen LogP contribution in [0.2, 0.25) is 5.02 Å². The number of halogens is 2. The van der Waals surface area contributed by atoms with E-state index in [0.29, 0.717) is 34.2 Å². The van der Waals surface area contributed by atoms with Crippen molar-refractivity contribution in [3.63, 3.8) is 0 Å². The van der Waals surface area contributed by atoms with E-state index in [9.17, 15) is 14.6 Å². The molecule has 0 saturated heterocycles. The van der Waals surface area contributed by atoms with E-state index >= 15 is 0 Å². The maximum atomic E-state index is 14.8. The zero-order valence-corrected chi connectivity index (χ0v) is 19.1. The van der Waals surface area contributed by atoms with Gasteiger partial charge in [0, 0.05) is 17.0 Å². The Balaban J connectivity index is 1.32. The summed E-state index contributed by atoms with van der Waals surface area (Å²) < 4.78 is 16.7. The second-order valence-electron chi connectivity index (χ2n) is 9.67. The normalized spacial score (nSPS) is 29.0. The number of hydrogen-bond acceptors (Lipinski definition) is 7. The predicted octanol–water partition coefficient (Wildman–Crippen LogP) is 3.10. The van der Waals surface area contributed by atoms with Crippen molar-refractivity contribution in [2.75, 3.05) is 11.5 Å². The van der Waals surface area contributed by atoms with Crippen LogP contribution in [0.3, 0.4) is 0 Å². The number of benzene rings is 1. The van der Waals surface area contributed by atoms with Crippen LogP contribution in [0.25, 0.3) is 21.9 Å². The number of pyridine rings is 1. The van der Waals surface area contributed by atoms with Gasteiger partial charge in [0.2, 0.25) is 0 Å². The summed E-state index contributed by atoms with van der Waals surface area (Å²) in [6.07, 6.45) is 2.66. The molecule has 34 heavy (non-hydrogen) atoms. The second kappa shape index (κ2) is 7.24. The van der Waals surface area contributed by atoms with Crippen molar-refractivity contribution in [2.24, 2.45) is 17.3 Å². The highest BCUT2D eigenvalue weighted by Crippen LogP contribution is 2.71. The van der Waals surface area contributed by atoms with E-state index in [-0.39, 0.29) is 28.7 Å². The topological polar surface area (TPSA) is 136 Å². The zero-order chi connectivity index (χ0) is 23.9. The van der Waals surface area contributed by atoms with Crippen LogP contribution in [0.15, 0.2) is 36.8 Å². The number of hydrogen-bond donors (Lipinski definition) is 4. The van der Waals surface area contributed by atoms with E-state index in [1.807, 2.05) is 29.8 Å². The summed E-state index contributed by atoms with van der Waals surface area (Å²) in [5, 5.41) is 23.4. The molecule has 0 bridgehead atoms. The van der Waals surface area contributed by atoms with Gasteiger partial charge in [-0.1, -0.05) is 18.5 Å². The second-order valence-corrected chi connectivity index (χ2v) is 10.1. The van der Waals surface area contributed by atoms with E-state index in [0.717, 1.165) is 12.0 Å². The van der Waals surface area contributed by atoms with Crippen molar-refractivity contribution >= 4 is 45.2 Å². The lowest BCUT2D eigenvalue weighted by atomic mass is 9.81.